The normalized spacial score (nSPS) is 16.3. The molecule has 0 aliphatic carbocycles. The summed E-state index contributed by atoms with van der Waals surface area (Å²) < 4.78 is 10.8. The SMILES string of the molecule is CC.COC1CCN(c2ccc3c(-c4ccccc4C)cc(=O)oc3n2)C1. The van der Waals surface area contributed by atoms with Gasteiger partial charge in [-0.2, -0.15) is 4.98 Å². The van der Waals surface area contributed by atoms with Crippen molar-refractivity contribution < 1.29 is 9.15 Å². The number of methoxy groups -OCH3 is 1. The molecule has 0 bridgehead atoms. The number of nitrogens with zero attached hydrogens (tertiary/aromatic N) is 2. The molecule has 0 N–H and O–H groups in total. The van der Waals surface area contributed by atoms with Crippen molar-refractivity contribution in [2.24, 2.45) is 0 Å². The van der Waals surface area contributed by atoms with Gasteiger partial charge in [0.15, 0.2) is 0 Å². The molecule has 1 saturated heterocycles. The second-order valence-corrected chi connectivity index (χ2v) is 6.41. The molecule has 5 nitrogen and oxygen atoms in total. The first kappa shape index (κ1) is 19.1. The zero-order chi connectivity index (χ0) is 19.4. The lowest BCUT2D eigenvalue weighted by Crippen LogP contribution is -2.23. The van der Waals surface area contributed by atoms with E-state index < -0.39 is 0 Å². The molecule has 2 aromatic heterocycles. The van der Waals surface area contributed by atoms with Gasteiger partial charge in [-0.3, -0.25) is 0 Å². The summed E-state index contributed by atoms with van der Waals surface area (Å²) in [6.07, 6.45) is 1.20. The Bertz CT molecular complexity index is 981. The molecule has 3 heterocycles. The van der Waals surface area contributed by atoms with E-state index in [1.807, 2.05) is 57.2 Å². The lowest BCUT2D eigenvalue weighted by Gasteiger charge is -2.17. The van der Waals surface area contributed by atoms with Crippen LogP contribution in [-0.2, 0) is 4.74 Å². The highest BCUT2D eigenvalue weighted by molar-refractivity contribution is 5.92. The third-order valence-electron chi connectivity index (χ3n) is 4.83. The summed E-state index contributed by atoms with van der Waals surface area (Å²) in [6, 6.07) is 13.5. The first-order valence-corrected chi connectivity index (χ1v) is 9.44. The monoisotopic (exact) mass is 366 g/mol. The fourth-order valence-electron chi connectivity index (χ4n) is 3.44. The summed E-state index contributed by atoms with van der Waals surface area (Å²) in [5.74, 6) is 0.817. The van der Waals surface area contributed by atoms with Crippen molar-refractivity contribution in [1.29, 1.82) is 0 Å². The maximum absolute atomic E-state index is 12.1. The van der Waals surface area contributed by atoms with E-state index in [4.69, 9.17) is 9.15 Å². The molecule has 1 atom stereocenters. The minimum atomic E-state index is -0.383. The van der Waals surface area contributed by atoms with Crippen LogP contribution in [0.15, 0.2) is 51.7 Å². The molecule has 1 aliphatic heterocycles. The third kappa shape index (κ3) is 3.88. The van der Waals surface area contributed by atoms with Crippen LogP contribution in [0, 0.1) is 6.92 Å². The minimum absolute atomic E-state index is 0.225. The molecule has 1 aliphatic rings. The van der Waals surface area contributed by atoms with Crippen LogP contribution in [0.5, 0.6) is 0 Å². The standard InChI is InChI=1S/C20H20N2O3.C2H6/c1-13-5-3-4-6-15(13)17-11-19(23)25-20-16(17)7-8-18(21-20)22-10-9-14(12-22)24-2;1-2/h3-8,11,14H,9-10,12H2,1-2H3;1-2H3. The zero-order valence-electron chi connectivity index (χ0n) is 16.4. The molecule has 27 heavy (non-hydrogen) atoms. The summed E-state index contributed by atoms with van der Waals surface area (Å²) >= 11 is 0. The maximum Gasteiger partial charge on any atom is 0.338 e. The largest absolute Gasteiger partial charge is 0.404 e. The molecule has 1 fully saturated rings. The molecule has 5 heteroatoms. The van der Waals surface area contributed by atoms with E-state index in [0.717, 1.165) is 47.4 Å². The van der Waals surface area contributed by atoms with Gasteiger partial charge in [0.1, 0.15) is 5.82 Å². The number of anilines is 1. The van der Waals surface area contributed by atoms with Crippen molar-refractivity contribution in [2.75, 3.05) is 25.1 Å². The van der Waals surface area contributed by atoms with Crippen molar-refractivity contribution in [3.8, 4) is 11.1 Å². The van der Waals surface area contributed by atoms with Crippen LogP contribution in [0.2, 0.25) is 0 Å². The third-order valence-corrected chi connectivity index (χ3v) is 4.83. The fourth-order valence-corrected chi connectivity index (χ4v) is 3.44. The van der Waals surface area contributed by atoms with Gasteiger partial charge in [0.25, 0.3) is 0 Å². The molecule has 0 radical (unpaired) electrons. The second kappa shape index (κ2) is 8.35. The van der Waals surface area contributed by atoms with E-state index in [2.05, 4.69) is 9.88 Å². The predicted octanol–water partition coefficient (Wildman–Crippen LogP) is 4.41. The molecule has 142 valence electrons. The van der Waals surface area contributed by atoms with E-state index >= 15 is 0 Å². The number of hydrogen-bond acceptors (Lipinski definition) is 5. The van der Waals surface area contributed by atoms with E-state index in [-0.39, 0.29) is 11.7 Å². The van der Waals surface area contributed by atoms with Gasteiger partial charge < -0.3 is 14.1 Å². The average molecular weight is 366 g/mol. The van der Waals surface area contributed by atoms with Crippen molar-refractivity contribution in [3.63, 3.8) is 0 Å². The topological polar surface area (TPSA) is 55.6 Å². The lowest BCUT2D eigenvalue weighted by molar-refractivity contribution is 0.121. The molecule has 0 spiro atoms. The molecule has 0 saturated carbocycles. The van der Waals surface area contributed by atoms with E-state index in [9.17, 15) is 4.79 Å². The number of aryl methyl sites for hydroxylation is 1. The molecule has 3 aromatic rings. The van der Waals surface area contributed by atoms with Crippen LogP contribution in [0.3, 0.4) is 0 Å². The number of rotatable bonds is 3. The summed E-state index contributed by atoms with van der Waals surface area (Å²) in [6.45, 7) is 7.72. The van der Waals surface area contributed by atoms with Gasteiger partial charge in [-0.1, -0.05) is 38.1 Å². The van der Waals surface area contributed by atoms with Crippen molar-refractivity contribution >= 4 is 16.9 Å². The highest BCUT2D eigenvalue weighted by Crippen LogP contribution is 2.30. The summed E-state index contributed by atoms with van der Waals surface area (Å²) in [7, 11) is 1.73. The van der Waals surface area contributed by atoms with Crippen LogP contribution < -0.4 is 10.5 Å². The first-order chi connectivity index (χ1) is 13.2. The number of aromatic nitrogens is 1. The van der Waals surface area contributed by atoms with Gasteiger partial charge in [-0.15, -0.1) is 0 Å². The molecular formula is C22H26N2O3. The number of pyridine rings is 1. The van der Waals surface area contributed by atoms with Crippen molar-refractivity contribution in [2.45, 2.75) is 33.3 Å². The Labute approximate surface area is 159 Å². The van der Waals surface area contributed by atoms with Crippen molar-refractivity contribution in [1.82, 2.24) is 4.98 Å². The summed E-state index contributed by atoms with van der Waals surface area (Å²) in [5.41, 5.74) is 2.99. The Morgan fingerprint density at radius 1 is 1.15 bits per heavy atom. The van der Waals surface area contributed by atoms with Gasteiger partial charge in [-0.05, 0) is 36.6 Å². The van der Waals surface area contributed by atoms with E-state index in [0.29, 0.717) is 5.71 Å². The van der Waals surface area contributed by atoms with Crippen molar-refractivity contribution in [3.05, 3.63) is 58.4 Å². The van der Waals surface area contributed by atoms with Gasteiger partial charge in [0, 0.05) is 37.2 Å². The van der Waals surface area contributed by atoms with Gasteiger partial charge >= 0.3 is 5.63 Å². The lowest BCUT2D eigenvalue weighted by atomic mass is 9.99. The zero-order valence-corrected chi connectivity index (χ0v) is 16.4. The highest BCUT2D eigenvalue weighted by Gasteiger charge is 2.23. The summed E-state index contributed by atoms with van der Waals surface area (Å²) in [5, 5.41) is 0.847. The smallest absolute Gasteiger partial charge is 0.338 e. The van der Waals surface area contributed by atoms with E-state index in [1.54, 1.807) is 13.2 Å². The summed E-state index contributed by atoms with van der Waals surface area (Å²) in [4.78, 5) is 18.8. The Kier molecular flexibility index (Phi) is 5.91. The first-order valence-electron chi connectivity index (χ1n) is 9.44. The number of ether oxygens (including phenoxy) is 1. The minimum Gasteiger partial charge on any atom is -0.404 e. The molecular weight excluding hydrogens is 340 g/mol. The van der Waals surface area contributed by atoms with Crippen LogP contribution in [-0.4, -0.2) is 31.3 Å². The number of fused-ring (bicyclic) bond motifs is 1. The quantitative estimate of drug-likeness (QED) is 0.687. The van der Waals surface area contributed by atoms with E-state index in [1.165, 1.54) is 0 Å². The molecule has 1 unspecified atom stereocenters. The van der Waals surface area contributed by atoms with Crippen LogP contribution in [0.25, 0.3) is 22.2 Å². The molecule has 4 rings (SSSR count). The van der Waals surface area contributed by atoms with Gasteiger partial charge in [0.05, 0.1) is 6.10 Å². The number of benzene rings is 1. The van der Waals surface area contributed by atoms with Crippen LogP contribution in [0.4, 0.5) is 5.82 Å². The van der Waals surface area contributed by atoms with Crippen LogP contribution >= 0.6 is 0 Å². The Morgan fingerprint density at radius 3 is 2.63 bits per heavy atom. The maximum atomic E-state index is 12.1. The highest BCUT2D eigenvalue weighted by atomic mass is 16.5. The fraction of sp³-hybridized carbons (Fsp3) is 0.364. The Hall–Kier alpha value is -2.66. The Morgan fingerprint density at radius 2 is 1.93 bits per heavy atom. The van der Waals surface area contributed by atoms with Gasteiger partial charge in [0.2, 0.25) is 5.71 Å². The van der Waals surface area contributed by atoms with Crippen LogP contribution in [0.1, 0.15) is 25.8 Å². The van der Waals surface area contributed by atoms with Gasteiger partial charge in [-0.25, -0.2) is 4.79 Å². The molecule has 0 amide bonds. The average Bonchev–Trinajstić information content (AvgIpc) is 3.18. The molecule has 1 aromatic carbocycles. The number of hydrogen-bond donors (Lipinski definition) is 0. The second-order valence-electron chi connectivity index (χ2n) is 6.41. The predicted molar refractivity (Wildman–Crippen MR) is 109 cm³/mol. The Balaban J connectivity index is 0.00000102.